The van der Waals surface area contributed by atoms with Crippen molar-refractivity contribution in [3.63, 3.8) is 0 Å². The molecule has 0 heterocycles. The van der Waals surface area contributed by atoms with Crippen LogP contribution < -0.4 is 0 Å². The highest BCUT2D eigenvalue weighted by Crippen LogP contribution is 2.27. The van der Waals surface area contributed by atoms with Crippen molar-refractivity contribution in [2.75, 3.05) is 0 Å². The van der Waals surface area contributed by atoms with Gasteiger partial charge in [0, 0.05) is 15.2 Å². The molecule has 0 saturated heterocycles. The molecule has 0 saturated carbocycles. The largest absolute Gasteiger partial charge is 0.123 e. The average molecular weight is 201 g/mol. The van der Waals surface area contributed by atoms with Crippen molar-refractivity contribution in [1.82, 2.24) is 0 Å². The van der Waals surface area contributed by atoms with Gasteiger partial charge in [-0.3, -0.25) is 0 Å². The van der Waals surface area contributed by atoms with Crippen LogP contribution in [0.2, 0.25) is 5.02 Å². The molecular weight excluding hydrogens is 188 g/mol. The zero-order chi connectivity index (χ0) is 9.14. The standard InChI is InChI=1S/C10H13ClS/c1-7(2)12-9-5-4-8(3)10(11)6-9/h4-7H,1-3H3. The Balaban J connectivity index is 2.82. The van der Waals surface area contributed by atoms with E-state index in [9.17, 15) is 0 Å². The number of hydrogen-bond acceptors (Lipinski definition) is 1. The molecule has 0 aliphatic heterocycles. The van der Waals surface area contributed by atoms with E-state index in [1.165, 1.54) is 4.90 Å². The maximum atomic E-state index is 5.98. The van der Waals surface area contributed by atoms with Crippen molar-refractivity contribution in [3.8, 4) is 0 Å². The smallest absolute Gasteiger partial charge is 0.0446 e. The second kappa shape index (κ2) is 4.20. The van der Waals surface area contributed by atoms with Crippen molar-refractivity contribution in [2.45, 2.75) is 30.9 Å². The second-order valence-corrected chi connectivity index (χ2v) is 5.13. The Morgan fingerprint density at radius 1 is 1.33 bits per heavy atom. The summed E-state index contributed by atoms with van der Waals surface area (Å²) in [6, 6.07) is 6.21. The van der Waals surface area contributed by atoms with Gasteiger partial charge in [0.2, 0.25) is 0 Å². The highest BCUT2D eigenvalue weighted by molar-refractivity contribution is 7.99. The van der Waals surface area contributed by atoms with Crippen LogP contribution in [0, 0.1) is 6.92 Å². The minimum Gasteiger partial charge on any atom is -0.123 e. The van der Waals surface area contributed by atoms with Crippen LogP contribution in [0.1, 0.15) is 19.4 Å². The topological polar surface area (TPSA) is 0 Å². The van der Waals surface area contributed by atoms with Gasteiger partial charge in [-0.2, -0.15) is 0 Å². The molecule has 1 aromatic rings. The van der Waals surface area contributed by atoms with E-state index in [0.29, 0.717) is 5.25 Å². The summed E-state index contributed by atoms with van der Waals surface area (Å²) in [4.78, 5) is 1.25. The molecule has 0 amide bonds. The van der Waals surface area contributed by atoms with Crippen LogP contribution in [0.4, 0.5) is 0 Å². The number of halogens is 1. The van der Waals surface area contributed by atoms with E-state index in [1.807, 2.05) is 24.8 Å². The third kappa shape index (κ3) is 2.72. The van der Waals surface area contributed by atoms with Crippen LogP contribution in [0.15, 0.2) is 23.1 Å². The minimum atomic E-state index is 0.615. The first kappa shape index (κ1) is 9.94. The Kier molecular flexibility index (Phi) is 3.48. The first-order valence-corrected chi connectivity index (χ1v) is 5.28. The van der Waals surface area contributed by atoms with Crippen molar-refractivity contribution in [2.24, 2.45) is 0 Å². The molecule has 0 atom stereocenters. The Labute approximate surface area is 83.3 Å². The fraction of sp³-hybridized carbons (Fsp3) is 0.400. The van der Waals surface area contributed by atoms with Crippen molar-refractivity contribution in [3.05, 3.63) is 28.8 Å². The van der Waals surface area contributed by atoms with Gasteiger partial charge in [0.05, 0.1) is 0 Å². The first-order chi connectivity index (χ1) is 5.59. The molecule has 1 aromatic carbocycles. The molecule has 0 spiro atoms. The molecule has 0 unspecified atom stereocenters. The molecule has 2 heteroatoms. The van der Waals surface area contributed by atoms with E-state index in [-0.39, 0.29) is 0 Å². The fourth-order valence-electron chi connectivity index (χ4n) is 0.919. The Bertz CT molecular complexity index is 269. The Hall–Kier alpha value is -0.140. The number of thioether (sulfide) groups is 1. The summed E-state index contributed by atoms with van der Waals surface area (Å²) in [5.41, 5.74) is 1.14. The van der Waals surface area contributed by atoms with Crippen LogP contribution in [0.5, 0.6) is 0 Å². The summed E-state index contributed by atoms with van der Waals surface area (Å²) in [5.74, 6) is 0. The lowest BCUT2D eigenvalue weighted by Gasteiger charge is -2.05. The SMILES string of the molecule is Cc1ccc(SC(C)C)cc1Cl. The van der Waals surface area contributed by atoms with Crippen LogP contribution in [0.3, 0.4) is 0 Å². The summed E-state index contributed by atoms with van der Waals surface area (Å²) in [7, 11) is 0. The van der Waals surface area contributed by atoms with Crippen LogP contribution in [0.25, 0.3) is 0 Å². The second-order valence-electron chi connectivity index (χ2n) is 3.08. The summed E-state index contributed by atoms with van der Waals surface area (Å²) >= 11 is 7.82. The van der Waals surface area contributed by atoms with E-state index in [1.54, 1.807) is 0 Å². The maximum absolute atomic E-state index is 5.98. The molecular formula is C10H13ClS. The van der Waals surface area contributed by atoms with Crippen LogP contribution in [-0.4, -0.2) is 5.25 Å². The zero-order valence-corrected chi connectivity index (χ0v) is 9.17. The molecule has 66 valence electrons. The van der Waals surface area contributed by atoms with Gasteiger partial charge in [0.25, 0.3) is 0 Å². The number of hydrogen-bond donors (Lipinski definition) is 0. The van der Waals surface area contributed by atoms with Crippen LogP contribution in [-0.2, 0) is 0 Å². The van der Waals surface area contributed by atoms with Crippen molar-refractivity contribution in [1.29, 1.82) is 0 Å². The van der Waals surface area contributed by atoms with Gasteiger partial charge in [-0.05, 0) is 24.6 Å². The fourth-order valence-corrected chi connectivity index (χ4v) is 2.04. The van der Waals surface area contributed by atoms with Gasteiger partial charge in [-0.25, -0.2) is 0 Å². The third-order valence-electron chi connectivity index (χ3n) is 1.52. The molecule has 0 bridgehead atoms. The highest BCUT2D eigenvalue weighted by Gasteiger charge is 2.00. The molecule has 0 aliphatic rings. The molecule has 0 radical (unpaired) electrons. The van der Waals surface area contributed by atoms with Gasteiger partial charge >= 0.3 is 0 Å². The predicted octanol–water partition coefficient (Wildman–Crippen LogP) is 4.15. The van der Waals surface area contributed by atoms with Crippen molar-refractivity contribution < 1.29 is 0 Å². The summed E-state index contributed by atoms with van der Waals surface area (Å²) < 4.78 is 0. The van der Waals surface area contributed by atoms with Gasteiger partial charge in [0.15, 0.2) is 0 Å². The molecule has 0 fully saturated rings. The van der Waals surface area contributed by atoms with E-state index < -0.39 is 0 Å². The van der Waals surface area contributed by atoms with Gasteiger partial charge in [0.1, 0.15) is 0 Å². The number of benzene rings is 1. The van der Waals surface area contributed by atoms with E-state index >= 15 is 0 Å². The first-order valence-electron chi connectivity index (χ1n) is 4.02. The molecule has 0 aliphatic carbocycles. The lowest BCUT2D eigenvalue weighted by molar-refractivity contribution is 1.11. The molecule has 0 N–H and O–H groups in total. The lowest BCUT2D eigenvalue weighted by Crippen LogP contribution is -1.86. The minimum absolute atomic E-state index is 0.615. The molecule has 0 aromatic heterocycles. The molecule has 1 rings (SSSR count). The van der Waals surface area contributed by atoms with E-state index in [2.05, 4.69) is 26.0 Å². The summed E-state index contributed by atoms with van der Waals surface area (Å²) in [5, 5.41) is 1.48. The number of rotatable bonds is 2. The number of aryl methyl sites for hydroxylation is 1. The predicted molar refractivity (Wildman–Crippen MR) is 57.2 cm³/mol. The average Bonchev–Trinajstić information content (AvgIpc) is 1.96. The normalized spacial score (nSPS) is 10.8. The monoisotopic (exact) mass is 200 g/mol. The van der Waals surface area contributed by atoms with Gasteiger partial charge in [-0.1, -0.05) is 31.5 Å². The summed E-state index contributed by atoms with van der Waals surface area (Å²) in [6.07, 6.45) is 0. The van der Waals surface area contributed by atoms with Gasteiger partial charge in [-0.15, -0.1) is 11.8 Å². The lowest BCUT2D eigenvalue weighted by atomic mass is 10.2. The molecule has 0 nitrogen and oxygen atoms in total. The quantitative estimate of drug-likeness (QED) is 0.647. The van der Waals surface area contributed by atoms with E-state index in [0.717, 1.165) is 10.6 Å². The van der Waals surface area contributed by atoms with Gasteiger partial charge < -0.3 is 0 Å². The molecule has 12 heavy (non-hydrogen) atoms. The van der Waals surface area contributed by atoms with Crippen molar-refractivity contribution >= 4 is 23.4 Å². The Morgan fingerprint density at radius 2 is 2.00 bits per heavy atom. The zero-order valence-electron chi connectivity index (χ0n) is 7.60. The van der Waals surface area contributed by atoms with Crippen LogP contribution >= 0.6 is 23.4 Å². The third-order valence-corrected chi connectivity index (χ3v) is 2.92. The summed E-state index contributed by atoms with van der Waals surface area (Å²) in [6.45, 7) is 6.38. The van der Waals surface area contributed by atoms with E-state index in [4.69, 9.17) is 11.6 Å². The Morgan fingerprint density at radius 3 is 2.50 bits per heavy atom. The highest BCUT2D eigenvalue weighted by atomic mass is 35.5. The maximum Gasteiger partial charge on any atom is 0.0446 e.